The molecule has 0 saturated carbocycles. The molecule has 1 heterocycles. The van der Waals surface area contributed by atoms with Crippen LogP contribution in [-0.2, 0) is 0 Å². The Balaban J connectivity index is 2.52. The second kappa shape index (κ2) is 6.62. The van der Waals surface area contributed by atoms with Gasteiger partial charge >= 0.3 is 5.97 Å². The number of allylic oxidation sites excluding steroid dienone is 1. The fraction of sp³-hybridized carbons (Fsp3) is 0. The van der Waals surface area contributed by atoms with E-state index in [1.54, 1.807) is 6.07 Å². The molecule has 0 aliphatic rings. The molecule has 116 valence electrons. The van der Waals surface area contributed by atoms with Crippen LogP contribution < -0.4 is 5.32 Å². The van der Waals surface area contributed by atoms with E-state index >= 15 is 0 Å². The number of aromatic amines is 1. The highest BCUT2D eigenvalue weighted by Crippen LogP contribution is 2.33. The number of tetrazole rings is 1. The van der Waals surface area contributed by atoms with Crippen molar-refractivity contribution in [3.8, 4) is 6.07 Å². The first-order chi connectivity index (χ1) is 10.9. The predicted octanol–water partition coefficient (Wildman–Crippen LogP) is 1.55. The van der Waals surface area contributed by atoms with E-state index < -0.39 is 16.6 Å². The first-order valence-electron chi connectivity index (χ1n) is 5.76. The number of anilines is 1. The minimum atomic E-state index is -1.37. The van der Waals surface area contributed by atoms with Crippen molar-refractivity contribution in [3.63, 3.8) is 0 Å². The number of nitro groups is 1. The number of aromatic carboxylic acids is 1. The number of H-pyrrole nitrogens is 1. The molecule has 23 heavy (non-hydrogen) atoms. The Hall–Kier alpha value is -3.33. The van der Waals surface area contributed by atoms with Gasteiger partial charge in [0.1, 0.15) is 17.3 Å². The summed E-state index contributed by atoms with van der Waals surface area (Å²) in [7, 11) is 0. The van der Waals surface area contributed by atoms with Gasteiger partial charge in [-0.15, -0.1) is 10.2 Å². The van der Waals surface area contributed by atoms with Gasteiger partial charge in [0.15, 0.2) is 0 Å². The highest BCUT2D eigenvalue weighted by atomic mass is 79.9. The van der Waals surface area contributed by atoms with Crippen molar-refractivity contribution >= 4 is 38.8 Å². The van der Waals surface area contributed by atoms with Crippen LogP contribution in [0.25, 0.3) is 5.57 Å². The molecular formula is C11H6BrN7O4. The predicted molar refractivity (Wildman–Crippen MR) is 79.1 cm³/mol. The standard InChI is InChI=1S/C11H6BrN7O4/c12-6-1-7(11(20)21)9(8(2-6)19(22)23)14-4-5(3-13)10-15-17-18-16-10/h1-2,4,14H,(H,20,21)(H,15,16,17,18). The highest BCUT2D eigenvalue weighted by Gasteiger charge is 2.23. The van der Waals surface area contributed by atoms with Gasteiger partial charge in [0.25, 0.3) is 5.69 Å². The third-order valence-corrected chi connectivity index (χ3v) is 3.03. The number of carboxylic acids is 1. The average molecular weight is 380 g/mol. The van der Waals surface area contributed by atoms with E-state index in [0.29, 0.717) is 0 Å². The van der Waals surface area contributed by atoms with Crippen molar-refractivity contribution in [1.29, 1.82) is 5.26 Å². The molecule has 11 nitrogen and oxygen atoms in total. The second-order valence-corrected chi connectivity index (χ2v) is 4.87. The van der Waals surface area contributed by atoms with Crippen LogP contribution >= 0.6 is 15.9 Å². The van der Waals surface area contributed by atoms with E-state index in [4.69, 9.17) is 5.26 Å². The van der Waals surface area contributed by atoms with Gasteiger partial charge in [-0.3, -0.25) is 10.1 Å². The molecule has 0 radical (unpaired) electrons. The van der Waals surface area contributed by atoms with Crippen molar-refractivity contribution in [2.45, 2.75) is 0 Å². The largest absolute Gasteiger partial charge is 0.478 e. The van der Waals surface area contributed by atoms with Crippen molar-refractivity contribution in [3.05, 3.63) is 44.3 Å². The first kappa shape index (κ1) is 16.0. The van der Waals surface area contributed by atoms with Crippen LogP contribution in [0.1, 0.15) is 16.2 Å². The molecule has 0 saturated heterocycles. The number of nitrogens with one attached hydrogen (secondary N) is 2. The molecule has 3 N–H and O–H groups in total. The SMILES string of the molecule is N#CC(=CNc1c(C(=O)O)cc(Br)cc1[N+](=O)[O-])c1nn[nH]n1. The zero-order valence-electron chi connectivity index (χ0n) is 11.0. The van der Waals surface area contributed by atoms with Gasteiger partial charge in [-0.1, -0.05) is 15.9 Å². The van der Waals surface area contributed by atoms with Crippen LogP contribution in [0, 0.1) is 21.4 Å². The number of carboxylic acid groups (broad SMARTS) is 1. The summed E-state index contributed by atoms with van der Waals surface area (Å²) in [5.41, 5.74) is -1.18. The minimum Gasteiger partial charge on any atom is -0.478 e. The fourth-order valence-electron chi connectivity index (χ4n) is 1.62. The quantitative estimate of drug-likeness (QED) is 0.395. The summed E-state index contributed by atoms with van der Waals surface area (Å²) in [5.74, 6) is -1.42. The lowest BCUT2D eigenvalue weighted by atomic mass is 10.1. The van der Waals surface area contributed by atoms with E-state index in [9.17, 15) is 20.0 Å². The number of nitrogens with zero attached hydrogens (tertiary/aromatic N) is 5. The van der Waals surface area contributed by atoms with Crippen molar-refractivity contribution in [2.75, 3.05) is 5.32 Å². The van der Waals surface area contributed by atoms with E-state index in [1.807, 2.05) is 0 Å². The number of nitriles is 1. The number of benzene rings is 1. The topological polar surface area (TPSA) is 171 Å². The Kier molecular flexibility index (Phi) is 4.62. The minimum absolute atomic E-state index is 0.0448. The molecule has 1 aromatic heterocycles. The van der Waals surface area contributed by atoms with E-state index in [1.165, 1.54) is 6.07 Å². The molecule has 2 rings (SSSR count). The molecule has 0 atom stereocenters. The summed E-state index contributed by atoms with van der Waals surface area (Å²) in [6.45, 7) is 0. The van der Waals surface area contributed by atoms with Crippen molar-refractivity contribution in [1.82, 2.24) is 20.6 Å². The Morgan fingerprint density at radius 1 is 1.57 bits per heavy atom. The van der Waals surface area contributed by atoms with Crippen LogP contribution in [0.15, 0.2) is 22.8 Å². The summed E-state index contributed by atoms with van der Waals surface area (Å²) < 4.78 is 0.231. The molecule has 0 spiro atoms. The van der Waals surface area contributed by atoms with Crippen molar-refractivity contribution in [2.24, 2.45) is 0 Å². The zero-order valence-corrected chi connectivity index (χ0v) is 12.6. The van der Waals surface area contributed by atoms with Gasteiger partial charge in [-0.2, -0.15) is 10.5 Å². The van der Waals surface area contributed by atoms with Crippen LogP contribution in [0.4, 0.5) is 11.4 Å². The Morgan fingerprint density at radius 3 is 2.83 bits per heavy atom. The summed E-state index contributed by atoms with van der Waals surface area (Å²) in [6, 6.07) is 4.11. The van der Waals surface area contributed by atoms with Gasteiger partial charge < -0.3 is 10.4 Å². The van der Waals surface area contributed by atoms with E-state index in [2.05, 4.69) is 41.9 Å². The van der Waals surface area contributed by atoms with Crippen LogP contribution in [-0.4, -0.2) is 36.6 Å². The Morgan fingerprint density at radius 2 is 2.30 bits per heavy atom. The van der Waals surface area contributed by atoms with E-state index in [-0.39, 0.29) is 27.1 Å². The number of hydrogen-bond acceptors (Lipinski definition) is 8. The summed E-state index contributed by atoms with van der Waals surface area (Å²) in [6.07, 6.45) is 1.06. The lowest BCUT2D eigenvalue weighted by Crippen LogP contribution is -2.06. The normalized spacial score (nSPS) is 10.9. The molecule has 0 aliphatic carbocycles. The van der Waals surface area contributed by atoms with Crippen LogP contribution in [0.5, 0.6) is 0 Å². The number of carbonyl (C=O) groups is 1. The van der Waals surface area contributed by atoms with E-state index in [0.717, 1.165) is 12.3 Å². The van der Waals surface area contributed by atoms with Gasteiger partial charge in [-0.25, -0.2) is 4.79 Å². The molecule has 0 unspecified atom stereocenters. The van der Waals surface area contributed by atoms with Gasteiger partial charge in [0.05, 0.1) is 10.5 Å². The lowest BCUT2D eigenvalue weighted by Gasteiger charge is -2.08. The van der Waals surface area contributed by atoms with Gasteiger partial charge in [0, 0.05) is 16.7 Å². The number of aromatic nitrogens is 4. The number of halogens is 1. The van der Waals surface area contributed by atoms with Gasteiger partial charge in [0.2, 0.25) is 5.82 Å². The Bertz CT molecular complexity index is 806. The lowest BCUT2D eigenvalue weighted by molar-refractivity contribution is -0.384. The highest BCUT2D eigenvalue weighted by molar-refractivity contribution is 9.10. The third-order valence-electron chi connectivity index (χ3n) is 2.58. The monoisotopic (exact) mass is 379 g/mol. The first-order valence-corrected chi connectivity index (χ1v) is 6.55. The molecule has 0 bridgehead atoms. The molecular weight excluding hydrogens is 374 g/mol. The smallest absolute Gasteiger partial charge is 0.338 e. The molecule has 0 fully saturated rings. The molecule has 1 aromatic carbocycles. The Labute approximate surface area is 135 Å². The number of hydrogen-bond donors (Lipinski definition) is 3. The second-order valence-electron chi connectivity index (χ2n) is 3.96. The third kappa shape index (κ3) is 3.47. The van der Waals surface area contributed by atoms with Crippen molar-refractivity contribution < 1.29 is 14.8 Å². The number of nitro benzene ring substituents is 1. The molecule has 0 amide bonds. The number of rotatable bonds is 5. The van der Waals surface area contributed by atoms with Gasteiger partial charge in [-0.05, 0) is 11.3 Å². The molecule has 0 aliphatic heterocycles. The maximum absolute atomic E-state index is 11.3. The summed E-state index contributed by atoms with van der Waals surface area (Å²) >= 11 is 3.01. The zero-order chi connectivity index (χ0) is 17.0. The maximum atomic E-state index is 11.3. The molecule has 2 aromatic rings. The maximum Gasteiger partial charge on any atom is 0.338 e. The fourth-order valence-corrected chi connectivity index (χ4v) is 2.07. The molecule has 12 heteroatoms. The van der Waals surface area contributed by atoms with Crippen LogP contribution in [0.3, 0.4) is 0 Å². The summed E-state index contributed by atoms with van der Waals surface area (Å²) in [4.78, 5) is 21.7. The van der Waals surface area contributed by atoms with Crippen LogP contribution in [0.2, 0.25) is 0 Å². The summed E-state index contributed by atoms with van der Waals surface area (Å²) in [5, 5.41) is 44.4. The average Bonchev–Trinajstić information content (AvgIpc) is 3.02.